The molecule has 1 aliphatic rings. The Morgan fingerprint density at radius 3 is 2.10 bits per heavy atom. The van der Waals surface area contributed by atoms with E-state index >= 15 is 0 Å². The van der Waals surface area contributed by atoms with E-state index in [1.807, 2.05) is 19.1 Å². The molecule has 0 saturated heterocycles. The van der Waals surface area contributed by atoms with Gasteiger partial charge in [-0.25, -0.2) is 8.42 Å². The van der Waals surface area contributed by atoms with Crippen molar-refractivity contribution in [3.63, 3.8) is 0 Å². The molecule has 0 aromatic heterocycles. The molecule has 3 aromatic carbocycles. The van der Waals surface area contributed by atoms with E-state index in [-0.39, 0.29) is 23.4 Å². The van der Waals surface area contributed by atoms with Crippen LogP contribution in [0, 0.1) is 0 Å². The zero-order valence-electron chi connectivity index (χ0n) is 22.7. The molecule has 0 bridgehead atoms. The first-order valence-electron chi connectivity index (χ1n) is 13.8. The van der Waals surface area contributed by atoms with Crippen molar-refractivity contribution in [3.05, 3.63) is 95.5 Å². The zero-order chi connectivity index (χ0) is 28.5. The summed E-state index contributed by atoms with van der Waals surface area (Å²) in [6.45, 7) is 1.55. The molecule has 0 spiro atoms. The molecule has 0 aliphatic heterocycles. The summed E-state index contributed by atoms with van der Waals surface area (Å²) in [5, 5.41) is 3.72. The molecule has 1 aliphatic carbocycles. The van der Waals surface area contributed by atoms with Crippen molar-refractivity contribution in [3.8, 4) is 0 Å². The van der Waals surface area contributed by atoms with Gasteiger partial charge in [-0.2, -0.15) is 0 Å². The van der Waals surface area contributed by atoms with Crippen molar-refractivity contribution in [2.75, 3.05) is 10.8 Å². The van der Waals surface area contributed by atoms with Gasteiger partial charge in [0.15, 0.2) is 0 Å². The molecule has 1 saturated carbocycles. The molecule has 1 atom stereocenters. The number of anilines is 1. The van der Waals surface area contributed by atoms with E-state index < -0.39 is 28.5 Å². The fourth-order valence-electron chi connectivity index (χ4n) is 5.09. The smallest absolute Gasteiger partial charge is 0.264 e. The third-order valence-corrected chi connectivity index (χ3v) is 9.30. The second kappa shape index (κ2) is 13.8. The van der Waals surface area contributed by atoms with Crippen LogP contribution in [0.1, 0.15) is 51.0 Å². The Labute approximate surface area is 242 Å². The number of carbonyl (C=O) groups is 2. The van der Waals surface area contributed by atoms with Gasteiger partial charge >= 0.3 is 0 Å². The van der Waals surface area contributed by atoms with Gasteiger partial charge in [-0.3, -0.25) is 13.9 Å². The summed E-state index contributed by atoms with van der Waals surface area (Å²) in [6, 6.07) is 23.0. The fourth-order valence-corrected chi connectivity index (χ4v) is 6.65. The first-order valence-corrected chi connectivity index (χ1v) is 15.6. The van der Waals surface area contributed by atoms with Crippen LogP contribution in [-0.2, 0) is 26.2 Å². The zero-order valence-corrected chi connectivity index (χ0v) is 24.3. The lowest BCUT2D eigenvalue weighted by molar-refractivity contribution is -0.140. The number of nitrogens with one attached hydrogen (secondary N) is 1. The van der Waals surface area contributed by atoms with E-state index in [1.54, 1.807) is 60.7 Å². The summed E-state index contributed by atoms with van der Waals surface area (Å²) >= 11 is 6.09. The van der Waals surface area contributed by atoms with Crippen molar-refractivity contribution in [1.29, 1.82) is 0 Å². The number of para-hydroxylation sites is 1. The highest BCUT2D eigenvalue weighted by atomic mass is 35.5. The van der Waals surface area contributed by atoms with Crippen LogP contribution in [0.4, 0.5) is 5.69 Å². The van der Waals surface area contributed by atoms with Crippen LogP contribution >= 0.6 is 11.6 Å². The van der Waals surface area contributed by atoms with E-state index in [4.69, 9.17) is 11.6 Å². The average Bonchev–Trinajstić information content (AvgIpc) is 2.98. The lowest BCUT2D eigenvalue weighted by Crippen LogP contribution is -2.54. The number of benzene rings is 3. The molecule has 40 heavy (non-hydrogen) atoms. The van der Waals surface area contributed by atoms with E-state index in [9.17, 15) is 18.0 Å². The predicted octanol–water partition coefficient (Wildman–Crippen LogP) is 5.79. The van der Waals surface area contributed by atoms with Gasteiger partial charge in [0.2, 0.25) is 11.8 Å². The van der Waals surface area contributed by atoms with Crippen LogP contribution in [0.15, 0.2) is 89.8 Å². The third-order valence-electron chi connectivity index (χ3n) is 7.26. The Hall–Kier alpha value is -3.36. The maximum atomic E-state index is 14.1. The number of hydrogen-bond acceptors (Lipinski definition) is 4. The molecule has 2 amide bonds. The first kappa shape index (κ1) is 29.6. The summed E-state index contributed by atoms with van der Waals surface area (Å²) in [6.07, 6.45) is 5.52. The van der Waals surface area contributed by atoms with Gasteiger partial charge in [-0.1, -0.05) is 86.3 Å². The maximum absolute atomic E-state index is 14.1. The van der Waals surface area contributed by atoms with Gasteiger partial charge in [-0.15, -0.1) is 0 Å². The Kier molecular flexibility index (Phi) is 10.2. The molecule has 1 unspecified atom stereocenters. The Bertz CT molecular complexity index is 1360. The number of amides is 2. The van der Waals surface area contributed by atoms with Crippen LogP contribution in [0.2, 0.25) is 5.02 Å². The number of nitrogens with zero attached hydrogens (tertiary/aromatic N) is 2. The topological polar surface area (TPSA) is 86.8 Å². The molecular formula is C31H36ClN3O4S. The van der Waals surface area contributed by atoms with E-state index in [0.717, 1.165) is 42.0 Å². The number of sulfonamides is 1. The van der Waals surface area contributed by atoms with Crippen molar-refractivity contribution in [2.45, 2.75) is 69.0 Å². The summed E-state index contributed by atoms with van der Waals surface area (Å²) in [5.41, 5.74) is 1.16. The van der Waals surface area contributed by atoms with Gasteiger partial charge in [0.25, 0.3) is 10.0 Å². The first-order chi connectivity index (χ1) is 19.3. The van der Waals surface area contributed by atoms with E-state index in [1.165, 1.54) is 17.0 Å². The minimum Gasteiger partial charge on any atom is -0.352 e. The number of carbonyl (C=O) groups excluding carboxylic acids is 2. The van der Waals surface area contributed by atoms with E-state index in [2.05, 4.69) is 5.32 Å². The van der Waals surface area contributed by atoms with Crippen molar-refractivity contribution in [2.24, 2.45) is 0 Å². The van der Waals surface area contributed by atoms with Crippen LogP contribution in [0.3, 0.4) is 0 Å². The maximum Gasteiger partial charge on any atom is 0.264 e. The molecule has 3 aromatic rings. The van der Waals surface area contributed by atoms with Gasteiger partial charge < -0.3 is 10.2 Å². The van der Waals surface area contributed by atoms with Crippen molar-refractivity contribution < 1.29 is 18.0 Å². The van der Waals surface area contributed by atoms with Crippen LogP contribution in [-0.4, -0.2) is 43.8 Å². The SMILES string of the molecule is CCC(C(=O)NC1CCCCC1)N(Cc1ccc(Cl)cc1)C(=O)CN(c1ccccc1)S(=O)(=O)c1ccccc1. The fraction of sp³-hybridized carbons (Fsp3) is 0.355. The molecule has 0 radical (unpaired) electrons. The molecule has 0 heterocycles. The highest BCUT2D eigenvalue weighted by molar-refractivity contribution is 7.92. The third kappa shape index (κ3) is 7.43. The standard InChI is InChI=1S/C31H36ClN3O4S/c1-2-29(31(37)33-26-12-6-3-7-13-26)34(22-24-18-20-25(32)21-19-24)30(36)23-35(27-14-8-4-9-15-27)40(38,39)28-16-10-5-11-17-28/h4-5,8-11,14-21,26,29H,2-3,6-7,12-13,22-23H2,1H3,(H,33,37). The normalized spacial score (nSPS) is 14.8. The van der Waals surface area contributed by atoms with Crippen molar-refractivity contribution >= 4 is 39.1 Å². The Morgan fingerprint density at radius 1 is 0.900 bits per heavy atom. The number of hydrogen-bond donors (Lipinski definition) is 1. The van der Waals surface area contributed by atoms with Gasteiger partial charge in [0.1, 0.15) is 12.6 Å². The molecule has 1 N–H and O–H groups in total. The molecule has 7 nitrogen and oxygen atoms in total. The lowest BCUT2D eigenvalue weighted by Gasteiger charge is -2.34. The molecule has 212 valence electrons. The predicted molar refractivity (Wildman–Crippen MR) is 159 cm³/mol. The largest absolute Gasteiger partial charge is 0.352 e. The van der Waals surface area contributed by atoms with Crippen LogP contribution in [0.25, 0.3) is 0 Å². The highest BCUT2D eigenvalue weighted by Gasteiger charge is 2.34. The average molecular weight is 582 g/mol. The molecular weight excluding hydrogens is 546 g/mol. The molecule has 4 rings (SSSR count). The minimum atomic E-state index is -4.07. The summed E-state index contributed by atoms with van der Waals surface area (Å²) in [5.74, 6) is -0.683. The molecule has 1 fully saturated rings. The summed E-state index contributed by atoms with van der Waals surface area (Å²) in [7, 11) is -4.07. The highest BCUT2D eigenvalue weighted by Crippen LogP contribution is 2.25. The van der Waals surface area contributed by atoms with Crippen LogP contribution < -0.4 is 9.62 Å². The van der Waals surface area contributed by atoms with Crippen LogP contribution in [0.5, 0.6) is 0 Å². The second-order valence-electron chi connectivity index (χ2n) is 10.1. The summed E-state index contributed by atoms with van der Waals surface area (Å²) in [4.78, 5) is 29.2. The minimum absolute atomic E-state index is 0.0815. The van der Waals surface area contributed by atoms with Crippen molar-refractivity contribution in [1.82, 2.24) is 10.2 Å². The van der Waals surface area contributed by atoms with Gasteiger partial charge in [-0.05, 0) is 61.2 Å². The number of halogens is 1. The monoisotopic (exact) mass is 581 g/mol. The lowest BCUT2D eigenvalue weighted by atomic mass is 9.95. The quantitative estimate of drug-likeness (QED) is 0.310. The summed E-state index contributed by atoms with van der Waals surface area (Å²) < 4.78 is 28.7. The van der Waals surface area contributed by atoms with E-state index in [0.29, 0.717) is 17.1 Å². The second-order valence-corrected chi connectivity index (χ2v) is 12.4. The van der Waals surface area contributed by atoms with Gasteiger partial charge in [0, 0.05) is 17.6 Å². The Morgan fingerprint density at radius 2 is 1.50 bits per heavy atom. The van der Waals surface area contributed by atoms with Gasteiger partial charge in [0.05, 0.1) is 10.6 Å². The molecule has 9 heteroatoms. The number of rotatable bonds is 11. The Balaban J connectivity index is 1.67.